The maximum Gasteiger partial charge on any atom is 0.274 e. The molecule has 2 aromatic rings. The first-order valence-electron chi connectivity index (χ1n) is 10.8. The number of carbonyl (C=O) groups excluding carboxylic acids is 4. The zero-order valence-electron chi connectivity index (χ0n) is 17.8. The van der Waals surface area contributed by atoms with Crippen molar-refractivity contribution < 1.29 is 19.2 Å². The number of nitrogens with zero attached hydrogens (tertiary/aromatic N) is 2. The fraction of sp³-hybridized carbons (Fsp3) is 0.333. The number of ketones is 1. The molecule has 5 rings (SSSR count). The molecule has 182 valence electrons. The Hall–Kier alpha value is -1.45. The molecule has 3 aliphatic rings. The lowest BCUT2D eigenvalue weighted by atomic mass is 9.81. The molecular formula is C24H17Br2Cl3N2O4. The van der Waals surface area contributed by atoms with Gasteiger partial charge >= 0.3 is 0 Å². The Balaban J connectivity index is 1.53. The number of halogens is 5. The van der Waals surface area contributed by atoms with E-state index < -0.39 is 41.9 Å². The molecule has 1 heterocycles. The molecule has 6 atom stereocenters. The average Bonchev–Trinajstić information content (AvgIpc) is 3.42. The van der Waals surface area contributed by atoms with E-state index in [0.29, 0.717) is 5.02 Å². The van der Waals surface area contributed by atoms with Gasteiger partial charge in [-0.15, -0.1) is 0 Å². The summed E-state index contributed by atoms with van der Waals surface area (Å²) in [4.78, 5) is 54.2. The summed E-state index contributed by atoms with van der Waals surface area (Å²) in [6.07, 6.45) is 0.740. The summed E-state index contributed by atoms with van der Waals surface area (Å²) in [6, 6.07) is 10.6. The summed E-state index contributed by atoms with van der Waals surface area (Å²) in [7, 11) is 0. The minimum atomic E-state index is -0.728. The predicted molar refractivity (Wildman–Crippen MR) is 139 cm³/mol. The first kappa shape index (κ1) is 25.2. The monoisotopic (exact) mass is 660 g/mol. The van der Waals surface area contributed by atoms with Crippen molar-refractivity contribution in [2.75, 3.05) is 6.54 Å². The largest absolute Gasteiger partial charge is 0.292 e. The van der Waals surface area contributed by atoms with Crippen LogP contribution in [-0.2, 0) is 9.59 Å². The molecular weight excluding hydrogens is 646 g/mol. The van der Waals surface area contributed by atoms with E-state index in [1.807, 2.05) is 0 Å². The van der Waals surface area contributed by atoms with Gasteiger partial charge in [0.25, 0.3) is 17.7 Å². The van der Waals surface area contributed by atoms with E-state index in [-0.39, 0.29) is 42.7 Å². The highest BCUT2D eigenvalue weighted by molar-refractivity contribution is 9.12. The number of fused-ring (bicyclic) bond motifs is 5. The molecule has 0 spiro atoms. The Morgan fingerprint density at radius 1 is 0.886 bits per heavy atom. The molecule has 0 aromatic heterocycles. The minimum absolute atomic E-state index is 0.0349. The Morgan fingerprint density at radius 2 is 1.49 bits per heavy atom. The standard InChI is InChI=1S/C24H17Br2Cl3N2O4/c25-20-13-8-14(21(20)26)19-18(13)23(34)31(24(19)35)30(22(33)12-3-1-2-4-15(12)28)9-17(32)11-6-5-10(27)7-16(11)29/h1-7,13-14,18-21H,8-9H2/t13-,14-,18-,19-,20-,21+/m1/s1. The van der Waals surface area contributed by atoms with Crippen molar-refractivity contribution in [3.63, 3.8) is 0 Å². The van der Waals surface area contributed by atoms with E-state index in [9.17, 15) is 19.2 Å². The zero-order chi connectivity index (χ0) is 25.2. The van der Waals surface area contributed by atoms with Crippen molar-refractivity contribution in [1.82, 2.24) is 10.0 Å². The quantitative estimate of drug-likeness (QED) is 0.235. The summed E-state index contributed by atoms with van der Waals surface area (Å²) in [6.45, 7) is -0.576. The molecule has 11 heteroatoms. The molecule has 2 aliphatic carbocycles. The molecule has 3 fully saturated rings. The maximum absolute atomic E-state index is 13.6. The number of imide groups is 1. The number of hydrazine groups is 1. The van der Waals surface area contributed by atoms with E-state index in [2.05, 4.69) is 31.9 Å². The van der Waals surface area contributed by atoms with E-state index in [1.165, 1.54) is 30.3 Å². The lowest BCUT2D eigenvalue weighted by Gasteiger charge is -2.31. The normalized spacial score (nSPS) is 29.0. The highest BCUT2D eigenvalue weighted by Gasteiger charge is 2.67. The summed E-state index contributed by atoms with van der Waals surface area (Å²) in [5, 5.41) is 2.35. The number of hydrogen-bond donors (Lipinski definition) is 0. The van der Waals surface area contributed by atoms with Crippen LogP contribution in [0.3, 0.4) is 0 Å². The fourth-order valence-electron chi connectivity index (χ4n) is 5.51. The van der Waals surface area contributed by atoms with Gasteiger partial charge in [0.1, 0.15) is 6.54 Å². The predicted octanol–water partition coefficient (Wildman–Crippen LogP) is 5.66. The van der Waals surface area contributed by atoms with Crippen molar-refractivity contribution in [3.8, 4) is 0 Å². The summed E-state index contributed by atoms with van der Waals surface area (Å²) in [5.74, 6) is -3.44. The number of benzene rings is 2. The Bertz CT molecular complexity index is 1240. The summed E-state index contributed by atoms with van der Waals surface area (Å²) >= 11 is 25.7. The maximum atomic E-state index is 13.6. The van der Waals surface area contributed by atoms with E-state index in [0.717, 1.165) is 16.4 Å². The topological polar surface area (TPSA) is 74.8 Å². The van der Waals surface area contributed by atoms with Crippen molar-refractivity contribution in [2.24, 2.45) is 23.7 Å². The van der Waals surface area contributed by atoms with Gasteiger partial charge in [0.2, 0.25) is 0 Å². The van der Waals surface area contributed by atoms with Gasteiger partial charge in [-0.1, -0.05) is 78.8 Å². The molecule has 35 heavy (non-hydrogen) atoms. The molecule has 0 radical (unpaired) electrons. The number of alkyl halides is 2. The molecule has 1 saturated heterocycles. The van der Waals surface area contributed by atoms with Crippen molar-refractivity contribution >= 4 is 90.2 Å². The third-order valence-electron chi connectivity index (χ3n) is 7.07. The number of Topliss-reactive ketones (excluding diaryl/α,β-unsaturated/α-hetero) is 1. The third-order valence-corrected chi connectivity index (χ3v) is 11.2. The highest BCUT2D eigenvalue weighted by Crippen LogP contribution is 2.60. The van der Waals surface area contributed by atoms with Gasteiger partial charge in [-0.2, -0.15) is 5.01 Å². The van der Waals surface area contributed by atoms with Crippen LogP contribution >= 0.6 is 66.7 Å². The molecule has 2 saturated carbocycles. The SMILES string of the molecule is O=C(CN(C(=O)c1ccccc1Cl)N1C(=O)[C@@H]2[C@H]3C[C@@H]([C@@H](Br)[C@H]3Br)[C@H]2C1=O)c1ccc(Cl)cc1Cl. The Labute approximate surface area is 233 Å². The van der Waals surface area contributed by atoms with Gasteiger partial charge in [-0.05, 0) is 48.6 Å². The molecule has 3 amide bonds. The molecule has 2 bridgehead atoms. The fourth-order valence-corrected chi connectivity index (χ4v) is 8.12. The van der Waals surface area contributed by atoms with Crippen LogP contribution < -0.4 is 0 Å². The van der Waals surface area contributed by atoms with E-state index >= 15 is 0 Å². The van der Waals surface area contributed by atoms with Crippen LogP contribution in [0.2, 0.25) is 15.1 Å². The minimum Gasteiger partial charge on any atom is -0.292 e. The van der Waals surface area contributed by atoms with Gasteiger partial charge in [-0.3, -0.25) is 19.2 Å². The van der Waals surface area contributed by atoms with Crippen molar-refractivity contribution in [2.45, 2.75) is 16.1 Å². The van der Waals surface area contributed by atoms with Crippen LogP contribution in [-0.4, -0.2) is 49.7 Å². The molecule has 0 N–H and O–H groups in total. The number of hydrogen-bond acceptors (Lipinski definition) is 4. The molecule has 0 unspecified atom stereocenters. The van der Waals surface area contributed by atoms with Gasteiger partial charge in [0, 0.05) is 20.2 Å². The second kappa shape index (κ2) is 9.45. The molecule has 1 aliphatic heterocycles. The van der Waals surface area contributed by atoms with Gasteiger partial charge < -0.3 is 0 Å². The molecule has 2 aromatic carbocycles. The van der Waals surface area contributed by atoms with Crippen LogP contribution in [0.4, 0.5) is 0 Å². The van der Waals surface area contributed by atoms with Crippen LogP contribution in [0.1, 0.15) is 27.1 Å². The average molecular weight is 664 g/mol. The van der Waals surface area contributed by atoms with Crippen molar-refractivity contribution in [3.05, 3.63) is 68.7 Å². The Morgan fingerprint density at radius 3 is 2.06 bits per heavy atom. The van der Waals surface area contributed by atoms with Gasteiger partial charge in [-0.25, -0.2) is 5.01 Å². The highest BCUT2D eigenvalue weighted by atomic mass is 79.9. The second-order valence-electron chi connectivity index (χ2n) is 8.88. The van der Waals surface area contributed by atoms with Crippen LogP contribution in [0.15, 0.2) is 42.5 Å². The smallest absolute Gasteiger partial charge is 0.274 e. The lowest BCUT2D eigenvalue weighted by molar-refractivity contribution is -0.154. The van der Waals surface area contributed by atoms with E-state index in [1.54, 1.807) is 12.1 Å². The third kappa shape index (κ3) is 4.06. The van der Waals surface area contributed by atoms with Crippen molar-refractivity contribution in [1.29, 1.82) is 0 Å². The summed E-state index contributed by atoms with van der Waals surface area (Å²) < 4.78 is 0. The van der Waals surface area contributed by atoms with Crippen LogP contribution in [0, 0.1) is 23.7 Å². The number of carbonyl (C=O) groups is 4. The lowest BCUT2D eigenvalue weighted by Crippen LogP contribution is -2.52. The van der Waals surface area contributed by atoms with Crippen LogP contribution in [0.25, 0.3) is 0 Å². The van der Waals surface area contributed by atoms with Gasteiger partial charge in [0.05, 0.1) is 27.4 Å². The first-order valence-corrected chi connectivity index (χ1v) is 13.8. The first-order chi connectivity index (χ1) is 16.6. The zero-order valence-corrected chi connectivity index (χ0v) is 23.3. The van der Waals surface area contributed by atoms with Gasteiger partial charge in [0.15, 0.2) is 5.78 Å². The Kier molecular flexibility index (Phi) is 6.81. The summed E-state index contributed by atoms with van der Waals surface area (Å²) in [5.41, 5.74) is 0.190. The number of amides is 3. The number of rotatable bonds is 5. The van der Waals surface area contributed by atoms with E-state index in [4.69, 9.17) is 34.8 Å². The van der Waals surface area contributed by atoms with Crippen LogP contribution in [0.5, 0.6) is 0 Å². The second-order valence-corrected chi connectivity index (χ2v) is 12.2. The molecule has 6 nitrogen and oxygen atoms in total.